The first-order valence-electron chi connectivity index (χ1n) is 6.29. The van der Waals surface area contributed by atoms with Crippen molar-refractivity contribution in [2.45, 2.75) is 20.4 Å². The number of fused-ring (bicyclic) bond motifs is 1. The molecule has 0 aliphatic rings. The number of carbonyl (C=O) groups excluding carboxylic acids is 1. The summed E-state index contributed by atoms with van der Waals surface area (Å²) >= 11 is 1.56. The van der Waals surface area contributed by atoms with Gasteiger partial charge >= 0.3 is 0 Å². The van der Waals surface area contributed by atoms with Gasteiger partial charge in [-0.3, -0.25) is 4.79 Å². The molecule has 1 aromatic carbocycles. The van der Waals surface area contributed by atoms with Crippen LogP contribution in [0.25, 0.3) is 10.9 Å². The minimum Gasteiger partial charge on any atom is -0.340 e. The highest BCUT2D eigenvalue weighted by atomic mass is 32.1. The molecule has 2 heterocycles. The maximum Gasteiger partial charge on any atom is 0.192 e. The molecule has 0 aliphatic heterocycles. The number of benzene rings is 1. The number of aryl methyl sites for hydroxylation is 2. The molecule has 19 heavy (non-hydrogen) atoms. The summed E-state index contributed by atoms with van der Waals surface area (Å²) < 4.78 is 2.03. The van der Waals surface area contributed by atoms with Crippen LogP contribution in [0.15, 0.2) is 42.6 Å². The van der Waals surface area contributed by atoms with Gasteiger partial charge in [-0.05, 0) is 43.7 Å². The third kappa shape index (κ3) is 2.22. The summed E-state index contributed by atoms with van der Waals surface area (Å²) in [5.74, 6) is 0.178. The number of thiophene rings is 1. The molecule has 3 aromatic rings. The number of nitrogens with zero attached hydrogens (tertiary/aromatic N) is 1. The Morgan fingerprint density at radius 2 is 2.00 bits per heavy atom. The van der Waals surface area contributed by atoms with Gasteiger partial charge in [0.15, 0.2) is 5.78 Å². The second-order valence-electron chi connectivity index (χ2n) is 4.78. The molecular weight excluding hydrogens is 254 g/mol. The predicted molar refractivity (Wildman–Crippen MR) is 80.1 cm³/mol. The molecule has 0 radical (unpaired) electrons. The van der Waals surface area contributed by atoms with Crippen LogP contribution in [0.5, 0.6) is 0 Å². The molecule has 0 N–H and O–H groups in total. The first-order chi connectivity index (χ1) is 9.15. The van der Waals surface area contributed by atoms with Gasteiger partial charge in [-0.1, -0.05) is 12.1 Å². The third-order valence-corrected chi connectivity index (χ3v) is 4.40. The Bertz CT molecular complexity index is 751. The molecular formula is C16H15NOS. The van der Waals surface area contributed by atoms with Crippen molar-refractivity contribution in [3.63, 3.8) is 0 Å². The number of hydrogen-bond acceptors (Lipinski definition) is 2. The molecule has 0 saturated carbocycles. The van der Waals surface area contributed by atoms with E-state index >= 15 is 0 Å². The average molecular weight is 269 g/mol. The van der Waals surface area contributed by atoms with E-state index in [0.717, 1.165) is 10.4 Å². The Morgan fingerprint density at radius 1 is 1.16 bits per heavy atom. The summed E-state index contributed by atoms with van der Waals surface area (Å²) in [6, 6.07) is 12.2. The maximum absolute atomic E-state index is 12.2. The topological polar surface area (TPSA) is 22.0 Å². The van der Waals surface area contributed by atoms with Crippen LogP contribution in [-0.4, -0.2) is 10.4 Å². The summed E-state index contributed by atoms with van der Waals surface area (Å²) in [5.41, 5.74) is 2.37. The van der Waals surface area contributed by atoms with E-state index in [0.29, 0.717) is 6.54 Å². The molecule has 0 atom stereocenters. The van der Waals surface area contributed by atoms with Crippen LogP contribution in [0.1, 0.15) is 20.1 Å². The molecule has 3 rings (SSSR count). The predicted octanol–water partition coefficient (Wildman–Crippen LogP) is 4.20. The van der Waals surface area contributed by atoms with Crippen molar-refractivity contribution >= 4 is 28.0 Å². The van der Waals surface area contributed by atoms with Gasteiger partial charge in [0, 0.05) is 22.0 Å². The summed E-state index contributed by atoms with van der Waals surface area (Å²) in [5, 5.41) is 1.22. The summed E-state index contributed by atoms with van der Waals surface area (Å²) in [6.45, 7) is 4.53. The fourth-order valence-corrected chi connectivity index (χ4v) is 3.13. The zero-order valence-electron chi connectivity index (χ0n) is 11.0. The lowest BCUT2D eigenvalue weighted by molar-refractivity contribution is 0.0977. The van der Waals surface area contributed by atoms with Gasteiger partial charge < -0.3 is 4.57 Å². The molecule has 0 fully saturated rings. The molecule has 3 heteroatoms. The first kappa shape index (κ1) is 12.2. The summed E-state index contributed by atoms with van der Waals surface area (Å²) in [6.07, 6.45) is 2.00. The minimum absolute atomic E-state index is 0.178. The van der Waals surface area contributed by atoms with Crippen molar-refractivity contribution in [3.05, 3.63) is 57.9 Å². The van der Waals surface area contributed by atoms with Crippen molar-refractivity contribution in [1.29, 1.82) is 0 Å². The van der Waals surface area contributed by atoms with Gasteiger partial charge in [0.05, 0.1) is 11.4 Å². The number of ketones is 1. The highest BCUT2D eigenvalue weighted by molar-refractivity contribution is 7.14. The number of carbonyl (C=O) groups is 1. The molecule has 0 spiro atoms. The van der Waals surface area contributed by atoms with Crippen molar-refractivity contribution in [2.24, 2.45) is 0 Å². The molecule has 0 aliphatic carbocycles. The highest BCUT2D eigenvalue weighted by Crippen LogP contribution is 2.21. The number of Topliss-reactive ketones (excluding diaryl/α,β-unsaturated/α-hetero) is 1. The molecule has 96 valence electrons. The summed E-state index contributed by atoms with van der Waals surface area (Å²) in [4.78, 5) is 14.3. The Morgan fingerprint density at radius 3 is 2.74 bits per heavy atom. The van der Waals surface area contributed by atoms with Crippen LogP contribution in [0, 0.1) is 13.8 Å². The lowest BCUT2D eigenvalue weighted by Gasteiger charge is -2.04. The second kappa shape index (κ2) is 4.67. The van der Waals surface area contributed by atoms with Crippen molar-refractivity contribution in [3.8, 4) is 0 Å². The zero-order valence-corrected chi connectivity index (χ0v) is 11.8. The van der Waals surface area contributed by atoms with E-state index in [1.807, 2.05) is 35.9 Å². The summed E-state index contributed by atoms with van der Waals surface area (Å²) in [7, 11) is 0. The molecule has 0 bridgehead atoms. The Kier molecular flexibility index (Phi) is 2.99. The molecule has 0 amide bonds. The van der Waals surface area contributed by atoms with Crippen LogP contribution in [0.2, 0.25) is 0 Å². The molecule has 0 saturated heterocycles. The monoisotopic (exact) mass is 269 g/mol. The fraction of sp³-hybridized carbons (Fsp3) is 0.188. The first-order valence-corrected chi connectivity index (χ1v) is 7.11. The zero-order chi connectivity index (χ0) is 13.4. The molecule has 2 nitrogen and oxygen atoms in total. The number of aromatic nitrogens is 1. The molecule has 2 aromatic heterocycles. The van der Waals surface area contributed by atoms with E-state index in [9.17, 15) is 4.79 Å². The van der Waals surface area contributed by atoms with Gasteiger partial charge in [-0.2, -0.15) is 0 Å². The van der Waals surface area contributed by atoms with Gasteiger partial charge in [0.1, 0.15) is 0 Å². The normalized spacial score (nSPS) is 11.1. The minimum atomic E-state index is 0.178. The van der Waals surface area contributed by atoms with Crippen LogP contribution in [-0.2, 0) is 6.54 Å². The van der Waals surface area contributed by atoms with Crippen LogP contribution < -0.4 is 0 Å². The van der Waals surface area contributed by atoms with Gasteiger partial charge in [0.2, 0.25) is 0 Å². The van der Waals surface area contributed by atoms with E-state index in [1.54, 1.807) is 11.3 Å². The highest BCUT2D eigenvalue weighted by Gasteiger charge is 2.11. The SMILES string of the molecule is Cc1ccc(C(=O)Cn2ccc3c(C)cccc32)s1. The Balaban J connectivity index is 1.94. The molecule has 0 unspecified atom stereocenters. The van der Waals surface area contributed by atoms with E-state index in [1.165, 1.54) is 15.8 Å². The third-order valence-electron chi connectivity index (χ3n) is 3.36. The van der Waals surface area contributed by atoms with Crippen molar-refractivity contribution in [1.82, 2.24) is 4.57 Å². The van der Waals surface area contributed by atoms with E-state index < -0.39 is 0 Å². The quantitative estimate of drug-likeness (QED) is 0.653. The Labute approximate surface area is 116 Å². The Hall–Kier alpha value is -1.87. The van der Waals surface area contributed by atoms with E-state index in [-0.39, 0.29) is 5.78 Å². The van der Waals surface area contributed by atoms with Crippen molar-refractivity contribution in [2.75, 3.05) is 0 Å². The largest absolute Gasteiger partial charge is 0.340 e. The van der Waals surface area contributed by atoms with Crippen LogP contribution in [0.4, 0.5) is 0 Å². The fourth-order valence-electron chi connectivity index (χ4n) is 2.33. The lowest BCUT2D eigenvalue weighted by atomic mass is 10.1. The standard InChI is InChI=1S/C16H15NOS/c1-11-4-3-5-14-13(11)8-9-17(14)10-15(18)16-7-6-12(2)19-16/h3-9H,10H2,1-2H3. The van der Waals surface area contributed by atoms with E-state index in [2.05, 4.69) is 25.1 Å². The second-order valence-corrected chi connectivity index (χ2v) is 6.07. The van der Waals surface area contributed by atoms with Crippen LogP contribution >= 0.6 is 11.3 Å². The van der Waals surface area contributed by atoms with Crippen LogP contribution in [0.3, 0.4) is 0 Å². The van der Waals surface area contributed by atoms with Crippen molar-refractivity contribution < 1.29 is 4.79 Å². The number of hydrogen-bond donors (Lipinski definition) is 0. The van der Waals surface area contributed by atoms with Gasteiger partial charge in [0.25, 0.3) is 0 Å². The smallest absolute Gasteiger partial charge is 0.192 e. The van der Waals surface area contributed by atoms with Gasteiger partial charge in [-0.25, -0.2) is 0 Å². The van der Waals surface area contributed by atoms with Gasteiger partial charge in [-0.15, -0.1) is 11.3 Å². The lowest BCUT2D eigenvalue weighted by Crippen LogP contribution is -2.07. The maximum atomic E-state index is 12.2. The average Bonchev–Trinajstić information content (AvgIpc) is 2.98. The number of rotatable bonds is 3. The van der Waals surface area contributed by atoms with E-state index in [4.69, 9.17) is 0 Å².